The van der Waals surface area contributed by atoms with Crippen LogP contribution in [-0.4, -0.2) is 66.6 Å². The highest BCUT2D eigenvalue weighted by Crippen LogP contribution is 2.24. The minimum Gasteiger partial charge on any atom is -0.338 e. The largest absolute Gasteiger partial charge is 0.338 e. The van der Waals surface area contributed by atoms with Crippen molar-refractivity contribution < 1.29 is 22.8 Å². The first kappa shape index (κ1) is 25.7. The Balaban J connectivity index is 1.15. The summed E-state index contributed by atoms with van der Waals surface area (Å²) in [5.41, 5.74) is 1.40. The fraction of sp³-hybridized carbons (Fsp3) is 0.609. The Bertz CT molecular complexity index is 1050. The molecular weight excluding hydrogens is 494 g/mol. The Morgan fingerprint density at radius 2 is 1.71 bits per heavy atom. The summed E-state index contributed by atoms with van der Waals surface area (Å²) in [6.45, 7) is 1.28. The number of halogens is 1. The molecule has 1 saturated heterocycles. The summed E-state index contributed by atoms with van der Waals surface area (Å²) in [6, 6.07) is 6.00. The molecular formula is C23H32ClN5O5S. The number of urea groups is 2. The highest BCUT2D eigenvalue weighted by Gasteiger charge is 2.33. The van der Waals surface area contributed by atoms with Gasteiger partial charge in [-0.2, -0.15) is 12.7 Å². The molecule has 2 fully saturated rings. The van der Waals surface area contributed by atoms with Gasteiger partial charge in [-0.15, -0.1) is 11.6 Å². The van der Waals surface area contributed by atoms with Gasteiger partial charge in [-0.25, -0.2) is 14.3 Å². The monoisotopic (exact) mass is 525 g/mol. The molecule has 35 heavy (non-hydrogen) atoms. The number of fused-ring (bicyclic) bond motifs is 1. The van der Waals surface area contributed by atoms with E-state index in [-0.39, 0.29) is 29.8 Å². The smallest absolute Gasteiger partial charge is 0.329 e. The minimum atomic E-state index is -3.91. The quantitative estimate of drug-likeness (QED) is 0.492. The molecule has 0 spiro atoms. The van der Waals surface area contributed by atoms with Gasteiger partial charge in [0.25, 0.3) is 5.91 Å². The van der Waals surface area contributed by atoms with Crippen molar-refractivity contribution in [3.63, 3.8) is 0 Å². The molecule has 5 amide bonds. The standard InChI is InChI=1S/C23H32ClN5O5S/c24-18-5-7-19(8-6-18)26-22(31)27-35(33,34)28-13-10-16(11-14-28)9-12-25-23(32)29-15-17-3-1-2-4-20(17)21(29)30/h1-4,16,18-19H,5-15H2,(H,25,32)(H2,26,27,31). The molecule has 3 aliphatic rings. The molecule has 2 aliphatic heterocycles. The maximum absolute atomic E-state index is 12.6. The molecule has 0 atom stereocenters. The van der Waals surface area contributed by atoms with Gasteiger partial charge in [0.15, 0.2) is 0 Å². The Hall–Kier alpha value is -2.37. The highest BCUT2D eigenvalue weighted by molar-refractivity contribution is 7.87. The highest BCUT2D eigenvalue weighted by atomic mass is 35.5. The topological polar surface area (TPSA) is 128 Å². The number of alkyl halides is 1. The summed E-state index contributed by atoms with van der Waals surface area (Å²) in [7, 11) is -3.91. The van der Waals surface area contributed by atoms with Crippen LogP contribution in [0.5, 0.6) is 0 Å². The van der Waals surface area contributed by atoms with E-state index in [1.54, 1.807) is 12.1 Å². The molecule has 1 aliphatic carbocycles. The van der Waals surface area contributed by atoms with Crippen LogP contribution in [0.4, 0.5) is 9.59 Å². The number of imide groups is 1. The normalized spacial score (nSPS) is 23.6. The zero-order valence-electron chi connectivity index (χ0n) is 19.5. The van der Waals surface area contributed by atoms with Crippen LogP contribution in [0.15, 0.2) is 24.3 Å². The Labute approximate surface area is 210 Å². The summed E-state index contributed by atoms with van der Waals surface area (Å²) in [5, 5.41) is 5.66. The molecule has 0 bridgehead atoms. The lowest BCUT2D eigenvalue weighted by molar-refractivity contribution is 0.0820. The van der Waals surface area contributed by atoms with Gasteiger partial charge < -0.3 is 10.6 Å². The van der Waals surface area contributed by atoms with E-state index in [1.165, 1.54) is 9.21 Å². The third-order valence-corrected chi connectivity index (χ3v) is 8.95. The SMILES string of the molecule is O=C(NC1CCC(Cl)CC1)NS(=O)(=O)N1CCC(CCNC(=O)N2Cc3ccccc3C2=O)CC1. The Morgan fingerprint density at radius 1 is 1.03 bits per heavy atom. The van der Waals surface area contributed by atoms with E-state index < -0.39 is 22.3 Å². The summed E-state index contributed by atoms with van der Waals surface area (Å²) in [5.74, 6) is -0.0485. The molecule has 1 aromatic carbocycles. The molecule has 12 heteroatoms. The number of amides is 5. The maximum atomic E-state index is 12.6. The van der Waals surface area contributed by atoms with Gasteiger partial charge in [0, 0.05) is 36.6 Å². The van der Waals surface area contributed by atoms with Crippen molar-refractivity contribution in [2.24, 2.45) is 5.92 Å². The molecule has 2 heterocycles. The van der Waals surface area contributed by atoms with Crippen molar-refractivity contribution in [2.45, 2.75) is 62.9 Å². The maximum Gasteiger partial charge on any atom is 0.329 e. The Kier molecular flexibility index (Phi) is 8.18. The van der Waals surface area contributed by atoms with Gasteiger partial charge in [-0.05, 0) is 62.5 Å². The van der Waals surface area contributed by atoms with Crippen LogP contribution in [0.2, 0.25) is 0 Å². The lowest BCUT2D eigenvalue weighted by Crippen LogP contribution is -2.52. The van der Waals surface area contributed by atoms with Crippen LogP contribution in [0.3, 0.4) is 0 Å². The van der Waals surface area contributed by atoms with E-state index in [4.69, 9.17) is 11.6 Å². The third-order valence-electron chi connectivity index (χ3n) is 7.02. The fourth-order valence-electron chi connectivity index (χ4n) is 4.93. The predicted molar refractivity (Wildman–Crippen MR) is 131 cm³/mol. The molecule has 0 radical (unpaired) electrons. The van der Waals surface area contributed by atoms with E-state index in [2.05, 4.69) is 15.4 Å². The third kappa shape index (κ3) is 6.45. The van der Waals surface area contributed by atoms with Crippen LogP contribution in [-0.2, 0) is 16.8 Å². The number of nitrogens with zero attached hydrogens (tertiary/aromatic N) is 2. The average molecular weight is 526 g/mol. The number of piperidine rings is 1. The average Bonchev–Trinajstić information content (AvgIpc) is 3.17. The summed E-state index contributed by atoms with van der Waals surface area (Å²) < 4.78 is 28.6. The second kappa shape index (κ2) is 11.1. The number of nitrogens with one attached hydrogen (secondary N) is 3. The number of hydrogen-bond donors (Lipinski definition) is 3. The van der Waals surface area contributed by atoms with E-state index >= 15 is 0 Å². The number of carbonyl (C=O) groups excluding carboxylic acids is 3. The number of rotatable bonds is 6. The van der Waals surface area contributed by atoms with Gasteiger partial charge in [0.2, 0.25) is 0 Å². The first-order valence-corrected chi connectivity index (χ1v) is 14.0. The number of carbonyl (C=O) groups is 3. The van der Waals surface area contributed by atoms with Crippen LogP contribution < -0.4 is 15.4 Å². The zero-order valence-corrected chi connectivity index (χ0v) is 21.1. The molecule has 192 valence electrons. The second-order valence-corrected chi connectivity index (χ2v) is 11.7. The Morgan fingerprint density at radius 3 is 2.40 bits per heavy atom. The molecule has 0 unspecified atom stereocenters. The first-order valence-electron chi connectivity index (χ1n) is 12.1. The van der Waals surface area contributed by atoms with Gasteiger partial charge in [-0.1, -0.05) is 18.2 Å². The zero-order chi connectivity index (χ0) is 25.0. The fourth-order valence-corrected chi connectivity index (χ4v) is 6.29. The van der Waals surface area contributed by atoms with Crippen molar-refractivity contribution in [1.29, 1.82) is 0 Å². The van der Waals surface area contributed by atoms with E-state index in [9.17, 15) is 22.8 Å². The second-order valence-electron chi connectivity index (χ2n) is 9.44. The summed E-state index contributed by atoms with van der Waals surface area (Å²) in [6.07, 6.45) is 5.03. The van der Waals surface area contributed by atoms with Crippen molar-refractivity contribution >= 4 is 39.8 Å². The van der Waals surface area contributed by atoms with Crippen LogP contribution in [0.25, 0.3) is 0 Å². The van der Waals surface area contributed by atoms with Crippen molar-refractivity contribution in [3.05, 3.63) is 35.4 Å². The molecule has 3 N–H and O–H groups in total. The van der Waals surface area contributed by atoms with Crippen molar-refractivity contribution in [1.82, 2.24) is 24.6 Å². The van der Waals surface area contributed by atoms with Crippen molar-refractivity contribution in [2.75, 3.05) is 19.6 Å². The number of benzene rings is 1. The molecule has 0 aromatic heterocycles. The minimum absolute atomic E-state index is 0.0637. The predicted octanol–water partition coefficient (Wildman–Crippen LogP) is 2.55. The molecule has 10 nitrogen and oxygen atoms in total. The lowest BCUT2D eigenvalue weighted by Gasteiger charge is -2.31. The molecule has 4 rings (SSSR count). The van der Waals surface area contributed by atoms with Crippen LogP contribution >= 0.6 is 11.6 Å². The van der Waals surface area contributed by atoms with E-state index in [0.29, 0.717) is 44.5 Å². The van der Waals surface area contributed by atoms with Gasteiger partial charge >= 0.3 is 22.3 Å². The van der Waals surface area contributed by atoms with Crippen LogP contribution in [0, 0.1) is 5.92 Å². The van der Waals surface area contributed by atoms with E-state index in [1.807, 2.05) is 12.1 Å². The van der Waals surface area contributed by atoms with Crippen LogP contribution in [0.1, 0.15) is 60.9 Å². The summed E-state index contributed by atoms with van der Waals surface area (Å²) >= 11 is 6.07. The van der Waals surface area contributed by atoms with Gasteiger partial charge in [0.1, 0.15) is 0 Å². The first-order chi connectivity index (χ1) is 16.7. The van der Waals surface area contributed by atoms with Crippen molar-refractivity contribution in [3.8, 4) is 0 Å². The molecule has 1 aromatic rings. The number of hydrogen-bond acceptors (Lipinski definition) is 5. The lowest BCUT2D eigenvalue weighted by atomic mass is 9.95. The van der Waals surface area contributed by atoms with Gasteiger partial charge in [0.05, 0.1) is 6.54 Å². The summed E-state index contributed by atoms with van der Waals surface area (Å²) in [4.78, 5) is 38.3. The van der Waals surface area contributed by atoms with E-state index in [0.717, 1.165) is 31.2 Å². The molecule has 1 saturated carbocycles. The van der Waals surface area contributed by atoms with Gasteiger partial charge in [-0.3, -0.25) is 9.69 Å².